The van der Waals surface area contributed by atoms with Crippen molar-refractivity contribution < 1.29 is 22.3 Å². The fourth-order valence-electron chi connectivity index (χ4n) is 3.10. The van der Waals surface area contributed by atoms with Gasteiger partial charge in [0.05, 0.1) is 38.1 Å². The first kappa shape index (κ1) is 23.0. The number of ether oxygens (including phenoxy) is 2. The van der Waals surface area contributed by atoms with Crippen molar-refractivity contribution in [1.82, 2.24) is 29.7 Å². The number of anilines is 1. The third-order valence-electron chi connectivity index (χ3n) is 4.67. The van der Waals surface area contributed by atoms with Crippen molar-refractivity contribution >= 4 is 16.0 Å². The van der Waals surface area contributed by atoms with Crippen LogP contribution in [0.1, 0.15) is 5.82 Å². The lowest BCUT2D eigenvalue weighted by atomic mass is 10.2. The monoisotopic (exact) mass is 485 g/mol. The molecule has 0 bridgehead atoms. The maximum Gasteiger partial charge on any atom is 0.243 e. The van der Waals surface area contributed by atoms with Crippen LogP contribution >= 0.6 is 0 Å². The first-order valence-electron chi connectivity index (χ1n) is 9.97. The predicted octanol–water partition coefficient (Wildman–Crippen LogP) is 2.26. The zero-order valence-electron chi connectivity index (χ0n) is 18.2. The molecule has 1 N–H and O–H groups in total. The van der Waals surface area contributed by atoms with Gasteiger partial charge in [0, 0.05) is 12.5 Å². The van der Waals surface area contributed by atoms with Crippen molar-refractivity contribution in [3.05, 3.63) is 66.5 Å². The number of aryl methyl sites for hydroxylation is 1. The van der Waals surface area contributed by atoms with E-state index in [1.807, 2.05) is 0 Å². The fourth-order valence-corrected chi connectivity index (χ4v) is 4.06. The SMILES string of the molecule is COc1cccc(-c2nnc(NS(=O)(=O)CCc3ncc(F)cn3)n2-c2ccccc2OC)n1. The Labute approximate surface area is 194 Å². The summed E-state index contributed by atoms with van der Waals surface area (Å²) < 4.78 is 53.3. The molecule has 0 aliphatic heterocycles. The van der Waals surface area contributed by atoms with Gasteiger partial charge in [-0.15, -0.1) is 10.2 Å². The van der Waals surface area contributed by atoms with Crippen LogP contribution in [0.15, 0.2) is 54.9 Å². The topological polar surface area (TPSA) is 134 Å². The molecule has 3 aromatic heterocycles. The molecule has 0 spiro atoms. The smallest absolute Gasteiger partial charge is 0.243 e. The molecule has 0 atom stereocenters. The minimum absolute atomic E-state index is 0.0251. The van der Waals surface area contributed by atoms with E-state index in [2.05, 4.69) is 29.9 Å². The fraction of sp³-hybridized carbons (Fsp3) is 0.190. The Kier molecular flexibility index (Phi) is 6.63. The summed E-state index contributed by atoms with van der Waals surface area (Å²) in [7, 11) is -0.921. The summed E-state index contributed by atoms with van der Waals surface area (Å²) in [5, 5.41) is 8.23. The van der Waals surface area contributed by atoms with Gasteiger partial charge in [-0.25, -0.2) is 27.8 Å². The summed E-state index contributed by atoms with van der Waals surface area (Å²) in [5.41, 5.74) is 0.900. The van der Waals surface area contributed by atoms with Crippen molar-refractivity contribution in [2.24, 2.45) is 0 Å². The molecule has 0 aliphatic carbocycles. The van der Waals surface area contributed by atoms with E-state index in [1.54, 1.807) is 42.5 Å². The lowest BCUT2D eigenvalue weighted by Gasteiger charge is -2.14. The first-order chi connectivity index (χ1) is 16.4. The van der Waals surface area contributed by atoms with Gasteiger partial charge < -0.3 is 9.47 Å². The Balaban J connectivity index is 1.72. The lowest BCUT2D eigenvalue weighted by molar-refractivity contribution is 0.398. The average molecular weight is 486 g/mol. The van der Waals surface area contributed by atoms with Gasteiger partial charge in [-0.05, 0) is 18.2 Å². The first-order valence-corrected chi connectivity index (χ1v) is 11.6. The van der Waals surface area contributed by atoms with E-state index in [4.69, 9.17) is 9.47 Å². The molecule has 11 nitrogen and oxygen atoms in total. The van der Waals surface area contributed by atoms with Crippen molar-refractivity contribution in [2.45, 2.75) is 6.42 Å². The molecular formula is C21H20FN7O4S. The molecule has 4 rings (SSSR count). The van der Waals surface area contributed by atoms with Gasteiger partial charge in [0.2, 0.25) is 21.9 Å². The molecule has 0 amide bonds. The Morgan fingerprint density at radius 3 is 2.50 bits per heavy atom. The quantitative estimate of drug-likeness (QED) is 0.379. The minimum Gasteiger partial charge on any atom is -0.495 e. The number of pyridine rings is 1. The number of nitrogens with one attached hydrogen (secondary N) is 1. The van der Waals surface area contributed by atoms with Crippen LogP contribution in [-0.2, 0) is 16.4 Å². The predicted molar refractivity (Wildman–Crippen MR) is 121 cm³/mol. The van der Waals surface area contributed by atoms with Crippen LogP contribution in [0.4, 0.5) is 10.3 Å². The zero-order valence-corrected chi connectivity index (χ0v) is 19.0. The number of aromatic nitrogens is 6. The minimum atomic E-state index is -3.91. The Morgan fingerprint density at radius 1 is 1.00 bits per heavy atom. The number of methoxy groups -OCH3 is 2. The van der Waals surface area contributed by atoms with Crippen molar-refractivity contribution in [2.75, 3.05) is 24.7 Å². The molecule has 0 fully saturated rings. The number of nitrogens with zero attached hydrogens (tertiary/aromatic N) is 6. The number of para-hydroxylation sites is 2. The van der Waals surface area contributed by atoms with Crippen molar-refractivity contribution in [1.29, 1.82) is 0 Å². The highest BCUT2D eigenvalue weighted by Gasteiger charge is 2.23. The second kappa shape index (κ2) is 9.79. The van der Waals surface area contributed by atoms with Crippen LogP contribution in [0.5, 0.6) is 11.6 Å². The third kappa shape index (κ3) is 5.09. The summed E-state index contributed by atoms with van der Waals surface area (Å²) in [4.78, 5) is 12.0. The summed E-state index contributed by atoms with van der Waals surface area (Å²) in [6.07, 6.45) is 1.94. The largest absolute Gasteiger partial charge is 0.495 e. The number of sulfonamides is 1. The molecule has 0 aliphatic rings. The third-order valence-corrected chi connectivity index (χ3v) is 5.90. The van der Waals surface area contributed by atoms with Gasteiger partial charge in [-0.1, -0.05) is 18.2 Å². The number of benzene rings is 1. The van der Waals surface area contributed by atoms with E-state index in [-0.39, 0.29) is 29.8 Å². The molecule has 0 saturated carbocycles. The highest BCUT2D eigenvalue weighted by atomic mass is 32.2. The second-order valence-corrected chi connectivity index (χ2v) is 8.75. The van der Waals surface area contributed by atoms with Crippen molar-refractivity contribution in [3.8, 4) is 28.8 Å². The maximum absolute atomic E-state index is 13.0. The van der Waals surface area contributed by atoms with Crippen LogP contribution in [0.25, 0.3) is 17.2 Å². The normalized spacial score (nSPS) is 11.3. The van der Waals surface area contributed by atoms with E-state index in [0.717, 1.165) is 12.4 Å². The van der Waals surface area contributed by atoms with Crippen LogP contribution in [0.3, 0.4) is 0 Å². The molecule has 0 unspecified atom stereocenters. The van der Waals surface area contributed by atoms with Gasteiger partial charge in [0.25, 0.3) is 0 Å². The lowest BCUT2D eigenvalue weighted by Crippen LogP contribution is -2.21. The van der Waals surface area contributed by atoms with Crippen LogP contribution in [0, 0.1) is 5.82 Å². The van der Waals surface area contributed by atoms with Gasteiger partial charge in [0.15, 0.2) is 11.6 Å². The summed E-state index contributed by atoms with van der Waals surface area (Å²) in [6.45, 7) is 0. The Bertz CT molecular complexity index is 1390. The summed E-state index contributed by atoms with van der Waals surface area (Å²) >= 11 is 0. The van der Waals surface area contributed by atoms with E-state index in [0.29, 0.717) is 23.0 Å². The number of rotatable bonds is 9. The molecule has 0 saturated heterocycles. The van der Waals surface area contributed by atoms with Gasteiger partial charge in [-0.3, -0.25) is 9.29 Å². The highest BCUT2D eigenvalue weighted by Crippen LogP contribution is 2.31. The molecule has 34 heavy (non-hydrogen) atoms. The van der Waals surface area contributed by atoms with Crippen LogP contribution < -0.4 is 14.2 Å². The standard InChI is InChI=1S/C21H20FN7O4S/c1-32-17-8-4-3-7-16(17)29-20(15-6-5-9-19(25-15)33-2)26-27-21(29)28-34(30,31)11-10-18-23-12-14(22)13-24-18/h3-9,12-13H,10-11H2,1-2H3,(H,27,28). The highest BCUT2D eigenvalue weighted by molar-refractivity contribution is 7.92. The Hall–Kier alpha value is -4.13. The molecule has 3 heterocycles. The van der Waals surface area contributed by atoms with Gasteiger partial charge in [0.1, 0.15) is 17.3 Å². The second-order valence-electron chi connectivity index (χ2n) is 6.91. The van der Waals surface area contributed by atoms with Gasteiger partial charge >= 0.3 is 0 Å². The van der Waals surface area contributed by atoms with Crippen LogP contribution in [0.2, 0.25) is 0 Å². The summed E-state index contributed by atoms with van der Waals surface area (Å²) in [5.74, 6) is 0.254. The van der Waals surface area contributed by atoms with E-state index in [1.165, 1.54) is 18.8 Å². The number of hydrogen-bond donors (Lipinski definition) is 1. The van der Waals surface area contributed by atoms with E-state index < -0.39 is 15.8 Å². The molecule has 13 heteroatoms. The molecule has 0 radical (unpaired) electrons. The molecule has 176 valence electrons. The Morgan fingerprint density at radius 2 is 1.76 bits per heavy atom. The number of halogens is 1. The molecule has 4 aromatic rings. The summed E-state index contributed by atoms with van der Waals surface area (Å²) in [6, 6.07) is 12.1. The average Bonchev–Trinajstić information content (AvgIpc) is 3.26. The molecular weight excluding hydrogens is 465 g/mol. The zero-order chi connectivity index (χ0) is 24.1. The van der Waals surface area contributed by atoms with Gasteiger partial charge in [-0.2, -0.15) is 0 Å². The van der Waals surface area contributed by atoms with E-state index >= 15 is 0 Å². The van der Waals surface area contributed by atoms with Crippen LogP contribution in [-0.4, -0.2) is 58.1 Å². The van der Waals surface area contributed by atoms with E-state index in [9.17, 15) is 12.8 Å². The maximum atomic E-state index is 13.0. The molecule has 1 aromatic carbocycles. The van der Waals surface area contributed by atoms with Crippen molar-refractivity contribution in [3.63, 3.8) is 0 Å². The number of hydrogen-bond acceptors (Lipinski definition) is 9.